The first-order valence-corrected chi connectivity index (χ1v) is 6.24. The van der Waals surface area contributed by atoms with Crippen LogP contribution in [-0.4, -0.2) is 46.9 Å². The van der Waals surface area contributed by atoms with Crippen molar-refractivity contribution in [1.29, 1.82) is 5.26 Å². The van der Waals surface area contributed by atoms with E-state index in [2.05, 4.69) is 10.4 Å². The molecule has 0 atom stereocenters. The van der Waals surface area contributed by atoms with Crippen LogP contribution in [0.2, 0.25) is 0 Å². The second kappa shape index (κ2) is 5.27. The molecule has 6 nitrogen and oxygen atoms in total. The molecule has 0 aliphatic carbocycles. The van der Waals surface area contributed by atoms with E-state index in [1.165, 1.54) is 0 Å². The molecule has 0 bridgehead atoms. The Morgan fingerprint density at radius 3 is 2.71 bits per heavy atom. The summed E-state index contributed by atoms with van der Waals surface area (Å²) in [5.74, 6) is -0.975. The smallest absolute Gasteiger partial charge is 0.386 e. The third kappa shape index (κ3) is 3.09. The van der Waals surface area contributed by atoms with Crippen molar-refractivity contribution in [3.8, 4) is 6.07 Å². The molecule has 0 radical (unpaired) electrons. The number of anilines is 1. The standard InChI is InChI=1S/C12H14F3N5O/c1-17-9-5-18-20(6-9)11(2-3-16)7-19(8-11)10(21)4-12(13,14)15/h5-6,17H,2,4,7-8H2,1H3. The number of amides is 1. The molecule has 1 aromatic rings. The molecule has 2 rings (SSSR count). The summed E-state index contributed by atoms with van der Waals surface area (Å²) >= 11 is 0. The van der Waals surface area contributed by atoms with Crippen LogP contribution in [0.5, 0.6) is 0 Å². The highest BCUT2D eigenvalue weighted by atomic mass is 19.4. The Hall–Kier alpha value is -2.24. The monoisotopic (exact) mass is 301 g/mol. The molecule has 9 heteroatoms. The van der Waals surface area contributed by atoms with Gasteiger partial charge in [-0.15, -0.1) is 0 Å². The zero-order chi connectivity index (χ0) is 15.7. The van der Waals surface area contributed by atoms with E-state index >= 15 is 0 Å². The van der Waals surface area contributed by atoms with E-state index in [4.69, 9.17) is 5.26 Å². The van der Waals surface area contributed by atoms with Gasteiger partial charge in [-0.05, 0) is 0 Å². The Kier molecular flexibility index (Phi) is 3.80. The number of nitriles is 1. The Balaban J connectivity index is 2.08. The molecular weight excluding hydrogens is 287 g/mol. The van der Waals surface area contributed by atoms with Crippen LogP contribution in [0.25, 0.3) is 0 Å². The van der Waals surface area contributed by atoms with Crippen LogP contribution in [-0.2, 0) is 10.3 Å². The van der Waals surface area contributed by atoms with Gasteiger partial charge in [0, 0.05) is 26.3 Å². The lowest BCUT2D eigenvalue weighted by Crippen LogP contribution is -2.64. The van der Waals surface area contributed by atoms with Crippen LogP contribution in [0.15, 0.2) is 12.4 Å². The molecule has 1 aliphatic rings. The maximum Gasteiger partial charge on any atom is 0.397 e. The molecule has 1 N–H and O–H groups in total. The molecule has 1 aromatic heterocycles. The summed E-state index contributed by atoms with van der Waals surface area (Å²) in [5, 5.41) is 15.9. The van der Waals surface area contributed by atoms with Gasteiger partial charge in [0.05, 0.1) is 24.4 Å². The zero-order valence-electron chi connectivity index (χ0n) is 11.3. The quantitative estimate of drug-likeness (QED) is 0.910. The first kappa shape index (κ1) is 15.2. The van der Waals surface area contributed by atoms with E-state index in [1.54, 1.807) is 24.1 Å². The molecule has 0 spiro atoms. The number of likely N-dealkylation sites (tertiary alicyclic amines) is 1. The van der Waals surface area contributed by atoms with Gasteiger partial charge in [-0.1, -0.05) is 0 Å². The highest BCUT2D eigenvalue weighted by Gasteiger charge is 2.49. The molecule has 21 heavy (non-hydrogen) atoms. The highest BCUT2D eigenvalue weighted by molar-refractivity contribution is 5.78. The second-order valence-corrected chi connectivity index (χ2v) is 5.02. The summed E-state index contributed by atoms with van der Waals surface area (Å²) in [4.78, 5) is 12.6. The third-order valence-corrected chi connectivity index (χ3v) is 3.44. The number of alkyl halides is 3. The van der Waals surface area contributed by atoms with E-state index < -0.39 is 24.0 Å². The molecule has 1 amide bonds. The number of nitrogens with one attached hydrogen (secondary N) is 1. The van der Waals surface area contributed by atoms with E-state index in [9.17, 15) is 18.0 Å². The number of halogens is 3. The van der Waals surface area contributed by atoms with Crippen molar-refractivity contribution in [3.63, 3.8) is 0 Å². The number of hydrogen-bond donors (Lipinski definition) is 1. The third-order valence-electron chi connectivity index (χ3n) is 3.44. The lowest BCUT2D eigenvalue weighted by molar-refractivity contribution is -0.169. The van der Waals surface area contributed by atoms with Crippen LogP contribution >= 0.6 is 0 Å². The summed E-state index contributed by atoms with van der Waals surface area (Å²) in [6, 6.07) is 2.00. The topological polar surface area (TPSA) is 74.0 Å². The maximum atomic E-state index is 12.2. The van der Waals surface area contributed by atoms with Crippen LogP contribution in [0.4, 0.5) is 18.9 Å². The molecule has 1 saturated heterocycles. The van der Waals surface area contributed by atoms with Crippen LogP contribution < -0.4 is 5.32 Å². The number of nitrogens with zero attached hydrogens (tertiary/aromatic N) is 4. The molecule has 0 unspecified atom stereocenters. The van der Waals surface area contributed by atoms with E-state index in [0.717, 1.165) is 10.6 Å². The second-order valence-electron chi connectivity index (χ2n) is 5.02. The van der Waals surface area contributed by atoms with Gasteiger partial charge in [0.15, 0.2) is 0 Å². The maximum absolute atomic E-state index is 12.2. The van der Waals surface area contributed by atoms with Gasteiger partial charge in [0.25, 0.3) is 0 Å². The van der Waals surface area contributed by atoms with Gasteiger partial charge < -0.3 is 10.2 Å². The fraction of sp³-hybridized carbons (Fsp3) is 0.583. The Bertz CT molecular complexity index is 568. The zero-order valence-corrected chi connectivity index (χ0v) is 11.3. The van der Waals surface area contributed by atoms with E-state index in [0.29, 0.717) is 0 Å². The van der Waals surface area contributed by atoms with Gasteiger partial charge in [-0.25, -0.2) is 0 Å². The molecule has 2 heterocycles. The minimum Gasteiger partial charge on any atom is -0.386 e. The van der Waals surface area contributed by atoms with Crippen LogP contribution in [0.1, 0.15) is 12.8 Å². The lowest BCUT2D eigenvalue weighted by atomic mass is 9.86. The van der Waals surface area contributed by atoms with Crippen molar-refractivity contribution >= 4 is 11.6 Å². The molecule has 114 valence electrons. The minimum atomic E-state index is -4.52. The Morgan fingerprint density at radius 2 is 2.24 bits per heavy atom. The minimum absolute atomic E-state index is 0.0559. The van der Waals surface area contributed by atoms with Gasteiger partial charge in [0.1, 0.15) is 12.0 Å². The predicted molar refractivity (Wildman–Crippen MR) is 67.2 cm³/mol. The molecule has 1 fully saturated rings. The van der Waals surface area contributed by atoms with Crippen LogP contribution in [0, 0.1) is 11.3 Å². The summed E-state index contributed by atoms with van der Waals surface area (Å²) in [7, 11) is 1.71. The summed E-state index contributed by atoms with van der Waals surface area (Å²) < 4.78 is 38.2. The largest absolute Gasteiger partial charge is 0.397 e. The summed E-state index contributed by atoms with van der Waals surface area (Å²) in [5.41, 5.74) is -0.0159. The van der Waals surface area contributed by atoms with Crippen molar-refractivity contribution < 1.29 is 18.0 Å². The van der Waals surface area contributed by atoms with E-state index in [-0.39, 0.29) is 19.5 Å². The van der Waals surface area contributed by atoms with E-state index in [1.807, 2.05) is 6.07 Å². The number of carbonyl (C=O) groups excluding carboxylic acids is 1. The average Bonchev–Trinajstić information content (AvgIpc) is 2.79. The van der Waals surface area contributed by atoms with Gasteiger partial charge in [-0.3, -0.25) is 9.48 Å². The predicted octanol–water partition coefficient (Wildman–Crippen LogP) is 1.33. The van der Waals surface area contributed by atoms with Crippen molar-refractivity contribution in [3.05, 3.63) is 12.4 Å². The Labute approximate surface area is 119 Å². The molecule has 0 aromatic carbocycles. The number of hydrogen-bond acceptors (Lipinski definition) is 4. The first-order valence-electron chi connectivity index (χ1n) is 6.24. The number of carbonyl (C=O) groups is 1. The first-order chi connectivity index (χ1) is 9.79. The molecule has 0 saturated carbocycles. The number of rotatable bonds is 4. The SMILES string of the molecule is CNc1cnn(C2(CC#N)CN(C(=O)CC(F)(F)F)C2)c1. The summed E-state index contributed by atoms with van der Waals surface area (Å²) in [6.07, 6.45) is -2.69. The Morgan fingerprint density at radius 1 is 1.57 bits per heavy atom. The van der Waals surface area contributed by atoms with Gasteiger partial charge in [0.2, 0.25) is 5.91 Å². The van der Waals surface area contributed by atoms with Crippen molar-refractivity contribution in [1.82, 2.24) is 14.7 Å². The molecule has 1 aliphatic heterocycles. The number of aromatic nitrogens is 2. The average molecular weight is 301 g/mol. The summed E-state index contributed by atoms with van der Waals surface area (Å²) in [6.45, 7) is 0.112. The fourth-order valence-electron chi connectivity index (χ4n) is 2.32. The van der Waals surface area contributed by atoms with Crippen molar-refractivity contribution in [2.75, 3.05) is 25.5 Å². The van der Waals surface area contributed by atoms with Gasteiger partial charge in [-0.2, -0.15) is 23.5 Å². The normalized spacial score (nSPS) is 17.0. The van der Waals surface area contributed by atoms with Crippen molar-refractivity contribution in [2.45, 2.75) is 24.6 Å². The lowest BCUT2D eigenvalue weighted by Gasteiger charge is -2.49. The fourth-order valence-corrected chi connectivity index (χ4v) is 2.32. The van der Waals surface area contributed by atoms with Crippen molar-refractivity contribution in [2.24, 2.45) is 0 Å². The van der Waals surface area contributed by atoms with Gasteiger partial charge >= 0.3 is 6.18 Å². The molecular formula is C12H14F3N5O. The highest BCUT2D eigenvalue weighted by Crippen LogP contribution is 2.34. The van der Waals surface area contributed by atoms with Crippen LogP contribution in [0.3, 0.4) is 0 Å².